The second-order valence-corrected chi connectivity index (χ2v) is 6.13. The van der Waals surface area contributed by atoms with E-state index >= 15 is 0 Å². The van der Waals surface area contributed by atoms with Crippen LogP contribution < -0.4 is 0 Å². The molecule has 2 aromatic rings. The van der Waals surface area contributed by atoms with Crippen LogP contribution in [0.5, 0.6) is 0 Å². The van der Waals surface area contributed by atoms with E-state index in [4.69, 9.17) is 0 Å². The van der Waals surface area contributed by atoms with Gasteiger partial charge in [0, 0.05) is 15.4 Å². The number of aliphatic hydroxyl groups is 1. The molecule has 0 aliphatic heterocycles. The number of rotatable bonds is 4. The van der Waals surface area contributed by atoms with Gasteiger partial charge in [-0.1, -0.05) is 30.0 Å². The summed E-state index contributed by atoms with van der Waals surface area (Å²) in [6.45, 7) is 1.69. The lowest BCUT2D eigenvalue weighted by Crippen LogP contribution is -1.92. The summed E-state index contributed by atoms with van der Waals surface area (Å²) in [5.41, 5.74) is 0.882. The molecule has 20 heavy (non-hydrogen) atoms. The Morgan fingerprint density at radius 1 is 1.25 bits per heavy atom. The summed E-state index contributed by atoms with van der Waals surface area (Å²) in [5, 5.41) is 20.5. The molecular formula is C14H12BrNO3S. The lowest BCUT2D eigenvalue weighted by molar-refractivity contribution is -0.387. The van der Waals surface area contributed by atoms with Crippen molar-refractivity contribution in [2.45, 2.75) is 22.8 Å². The van der Waals surface area contributed by atoms with Crippen LogP contribution in [0.4, 0.5) is 5.69 Å². The third kappa shape index (κ3) is 3.39. The summed E-state index contributed by atoms with van der Waals surface area (Å²) in [6, 6.07) is 12.1. The van der Waals surface area contributed by atoms with Gasteiger partial charge in [0.15, 0.2) is 0 Å². The Bertz CT molecular complexity index is 646. The fourth-order valence-corrected chi connectivity index (χ4v) is 3.23. The van der Waals surface area contributed by atoms with Crippen LogP contribution in [-0.2, 0) is 0 Å². The standard InChI is InChI=1S/C14H12BrNO3S/c1-9(17)10-6-7-13(11(15)8-10)20-14-5-3-2-4-12(14)16(18)19/h2-9,17H,1H3. The highest BCUT2D eigenvalue weighted by Gasteiger charge is 2.15. The van der Waals surface area contributed by atoms with Crippen molar-refractivity contribution in [2.75, 3.05) is 0 Å². The highest BCUT2D eigenvalue weighted by molar-refractivity contribution is 9.10. The highest BCUT2D eigenvalue weighted by Crippen LogP contribution is 2.38. The van der Waals surface area contributed by atoms with Crippen LogP contribution in [-0.4, -0.2) is 10.0 Å². The molecule has 1 atom stereocenters. The molecule has 0 bridgehead atoms. The summed E-state index contributed by atoms with van der Waals surface area (Å²) in [4.78, 5) is 12.0. The summed E-state index contributed by atoms with van der Waals surface area (Å²) >= 11 is 4.75. The Kier molecular flexibility index (Phi) is 4.80. The topological polar surface area (TPSA) is 63.4 Å². The van der Waals surface area contributed by atoms with Gasteiger partial charge < -0.3 is 5.11 Å². The van der Waals surface area contributed by atoms with E-state index in [2.05, 4.69) is 15.9 Å². The number of para-hydroxylation sites is 1. The van der Waals surface area contributed by atoms with Crippen molar-refractivity contribution in [1.82, 2.24) is 0 Å². The molecule has 0 aromatic heterocycles. The summed E-state index contributed by atoms with van der Waals surface area (Å²) in [5.74, 6) is 0. The Morgan fingerprint density at radius 3 is 2.55 bits per heavy atom. The first-order valence-corrected chi connectivity index (χ1v) is 7.49. The third-order valence-electron chi connectivity index (χ3n) is 2.72. The van der Waals surface area contributed by atoms with E-state index in [0.717, 1.165) is 14.9 Å². The summed E-state index contributed by atoms with van der Waals surface area (Å²) in [7, 11) is 0. The molecule has 1 unspecified atom stereocenters. The predicted octanol–water partition coefficient (Wildman–Crippen LogP) is 4.56. The van der Waals surface area contributed by atoms with Crippen LogP contribution in [0, 0.1) is 10.1 Å². The van der Waals surface area contributed by atoms with Crippen LogP contribution in [0.25, 0.3) is 0 Å². The van der Waals surface area contributed by atoms with E-state index in [1.54, 1.807) is 25.1 Å². The molecule has 4 nitrogen and oxygen atoms in total. The second kappa shape index (κ2) is 6.39. The fraction of sp³-hybridized carbons (Fsp3) is 0.143. The van der Waals surface area contributed by atoms with E-state index in [-0.39, 0.29) is 10.6 Å². The third-order valence-corrected chi connectivity index (χ3v) is 4.78. The van der Waals surface area contributed by atoms with E-state index in [9.17, 15) is 15.2 Å². The number of nitro benzene ring substituents is 1. The van der Waals surface area contributed by atoms with E-state index in [0.29, 0.717) is 4.90 Å². The molecular weight excluding hydrogens is 342 g/mol. The van der Waals surface area contributed by atoms with Crippen LogP contribution in [0.1, 0.15) is 18.6 Å². The molecule has 0 aliphatic rings. The van der Waals surface area contributed by atoms with Crippen LogP contribution >= 0.6 is 27.7 Å². The van der Waals surface area contributed by atoms with Gasteiger partial charge in [0.2, 0.25) is 0 Å². The Balaban J connectivity index is 2.33. The number of hydrogen-bond acceptors (Lipinski definition) is 4. The first kappa shape index (κ1) is 15.0. The number of halogens is 1. The van der Waals surface area contributed by atoms with E-state index in [1.165, 1.54) is 17.8 Å². The zero-order valence-corrected chi connectivity index (χ0v) is 13.0. The fourth-order valence-electron chi connectivity index (χ4n) is 1.67. The van der Waals surface area contributed by atoms with Crippen molar-refractivity contribution in [2.24, 2.45) is 0 Å². The number of nitro groups is 1. The number of benzene rings is 2. The molecule has 2 aromatic carbocycles. The number of aliphatic hydroxyl groups excluding tert-OH is 1. The summed E-state index contributed by atoms with van der Waals surface area (Å²) < 4.78 is 0.805. The first-order chi connectivity index (χ1) is 9.49. The zero-order valence-electron chi connectivity index (χ0n) is 10.6. The molecule has 0 spiro atoms. The Morgan fingerprint density at radius 2 is 1.95 bits per heavy atom. The average Bonchev–Trinajstić information content (AvgIpc) is 2.41. The van der Waals surface area contributed by atoms with Gasteiger partial charge >= 0.3 is 0 Å². The lowest BCUT2D eigenvalue weighted by Gasteiger charge is -2.09. The van der Waals surface area contributed by atoms with Crippen molar-refractivity contribution >= 4 is 33.4 Å². The van der Waals surface area contributed by atoms with E-state index < -0.39 is 6.10 Å². The Hall–Kier alpha value is -1.37. The molecule has 0 heterocycles. The molecule has 0 saturated heterocycles. The minimum absolute atomic E-state index is 0.0870. The molecule has 0 radical (unpaired) electrons. The van der Waals surface area contributed by atoms with E-state index in [1.807, 2.05) is 18.2 Å². The molecule has 0 aliphatic carbocycles. The molecule has 0 saturated carbocycles. The second-order valence-electron chi connectivity index (χ2n) is 4.19. The van der Waals surface area contributed by atoms with Crippen molar-refractivity contribution in [1.29, 1.82) is 0 Å². The molecule has 0 amide bonds. The smallest absolute Gasteiger partial charge is 0.283 e. The van der Waals surface area contributed by atoms with Gasteiger partial charge in [-0.15, -0.1) is 0 Å². The Labute approximate surface area is 129 Å². The highest BCUT2D eigenvalue weighted by atomic mass is 79.9. The van der Waals surface area contributed by atoms with Crippen molar-refractivity contribution in [3.63, 3.8) is 0 Å². The van der Waals surface area contributed by atoms with Crippen LogP contribution in [0.2, 0.25) is 0 Å². The average molecular weight is 354 g/mol. The van der Waals surface area contributed by atoms with Gasteiger partial charge in [-0.2, -0.15) is 0 Å². The van der Waals surface area contributed by atoms with Crippen LogP contribution in [0.15, 0.2) is 56.7 Å². The van der Waals surface area contributed by atoms with Gasteiger partial charge in [0.1, 0.15) is 0 Å². The maximum atomic E-state index is 11.0. The molecule has 104 valence electrons. The normalized spacial score (nSPS) is 12.2. The predicted molar refractivity (Wildman–Crippen MR) is 82.0 cm³/mol. The molecule has 1 N–H and O–H groups in total. The minimum atomic E-state index is -0.545. The van der Waals surface area contributed by atoms with Crippen molar-refractivity contribution in [3.8, 4) is 0 Å². The largest absolute Gasteiger partial charge is 0.389 e. The molecule has 2 rings (SSSR count). The maximum Gasteiger partial charge on any atom is 0.283 e. The SMILES string of the molecule is CC(O)c1ccc(Sc2ccccc2[N+](=O)[O-])c(Br)c1. The quantitative estimate of drug-likeness (QED) is 0.646. The molecule has 0 fully saturated rings. The van der Waals surface area contributed by atoms with Crippen molar-refractivity contribution < 1.29 is 10.0 Å². The van der Waals surface area contributed by atoms with Crippen LogP contribution in [0.3, 0.4) is 0 Å². The lowest BCUT2D eigenvalue weighted by atomic mass is 10.1. The molecule has 6 heteroatoms. The minimum Gasteiger partial charge on any atom is -0.389 e. The van der Waals surface area contributed by atoms with Gasteiger partial charge in [0.25, 0.3) is 5.69 Å². The maximum absolute atomic E-state index is 11.0. The number of hydrogen-bond donors (Lipinski definition) is 1. The van der Waals surface area contributed by atoms with Gasteiger partial charge in [0.05, 0.1) is 15.9 Å². The zero-order chi connectivity index (χ0) is 14.7. The van der Waals surface area contributed by atoms with Crippen molar-refractivity contribution in [3.05, 3.63) is 62.6 Å². The summed E-state index contributed by atoms with van der Waals surface area (Å²) in [6.07, 6.45) is -0.545. The van der Waals surface area contributed by atoms with Gasteiger partial charge in [-0.25, -0.2) is 0 Å². The number of nitrogens with zero attached hydrogens (tertiary/aromatic N) is 1. The monoisotopic (exact) mass is 353 g/mol. The van der Waals surface area contributed by atoms with Gasteiger partial charge in [-0.05, 0) is 46.6 Å². The first-order valence-electron chi connectivity index (χ1n) is 5.88. The van der Waals surface area contributed by atoms with Gasteiger partial charge in [-0.3, -0.25) is 10.1 Å².